The van der Waals surface area contributed by atoms with Crippen LogP contribution in [0.5, 0.6) is 0 Å². The molecule has 0 spiro atoms. The number of carbonyl (C=O) groups excluding carboxylic acids is 3. The van der Waals surface area contributed by atoms with E-state index in [1.165, 1.54) is 34.1 Å². The van der Waals surface area contributed by atoms with Gasteiger partial charge in [-0.3, -0.25) is 19.3 Å². The summed E-state index contributed by atoms with van der Waals surface area (Å²) >= 11 is 0. The number of hydrogen-bond donors (Lipinski definition) is 1. The summed E-state index contributed by atoms with van der Waals surface area (Å²) in [7, 11) is 0. The van der Waals surface area contributed by atoms with Crippen molar-refractivity contribution in [2.75, 3.05) is 16.8 Å². The number of hydrogen-bond acceptors (Lipinski definition) is 3. The van der Waals surface area contributed by atoms with Crippen molar-refractivity contribution in [3.05, 3.63) is 72.6 Å². The lowest BCUT2D eigenvalue weighted by atomic mass is 9.95. The molecule has 7 heteroatoms. The van der Waals surface area contributed by atoms with Crippen LogP contribution in [0.4, 0.5) is 15.8 Å². The third-order valence-corrected chi connectivity index (χ3v) is 5.13. The van der Waals surface area contributed by atoms with Crippen molar-refractivity contribution in [1.29, 1.82) is 0 Å². The first-order valence-electron chi connectivity index (χ1n) is 8.91. The van der Waals surface area contributed by atoms with Crippen LogP contribution in [0.3, 0.4) is 0 Å². The maximum Gasteiger partial charge on any atom is 0.271 e. The van der Waals surface area contributed by atoms with Crippen LogP contribution >= 0.6 is 0 Å². The fraction of sp³-hybridized carbons (Fsp3) is 0.190. The van der Waals surface area contributed by atoms with Crippen molar-refractivity contribution >= 4 is 29.1 Å². The van der Waals surface area contributed by atoms with Gasteiger partial charge in [0.25, 0.3) is 11.8 Å². The third kappa shape index (κ3) is 2.51. The van der Waals surface area contributed by atoms with Crippen molar-refractivity contribution in [1.82, 2.24) is 4.90 Å². The van der Waals surface area contributed by atoms with Crippen LogP contribution in [0.25, 0.3) is 0 Å². The molecule has 2 heterocycles. The monoisotopic (exact) mass is 379 g/mol. The maximum absolute atomic E-state index is 13.6. The van der Waals surface area contributed by atoms with Crippen molar-refractivity contribution in [3.8, 4) is 0 Å². The van der Waals surface area contributed by atoms with E-state index in [0.717, 1.165) is 0 Å². The van der Waals surface area contributed by atoms with E-state index in [1.54, 1.807) is 30.3 Å². The third-order valence-electron chi connectivity index (χ3n) is 5.13. The number of fused-ring (bicyclic) bond motifs is 3. The Labute approximate surface area is 161 Å². The molecular weight excluding hydrogens is 361 g/mol. The smallest absolute Gasteiger partial charge is 0.271 e. The summed E-state index contributed by atoms with van der Waals surface area (Å²) in [4.78, 5) is 42.1. The molecule has 142 valence electrons. The van der Waals surface area contributed by atoms with E-state index < -0.39 is 17.4 Å². The molecule has 1 fully saturated rings. The average Bonchev–Trinajstić information content (AvgIpc) is 3.04. The molecule has 3 amide bonds. The van der Waals surface area contributed by atoms with Gasteiger partial charge in [-0.2, -0.15) is 0 Å². The van der Waals surface area contributed by atoms with E-state index in [2.05, 4.69) is 11.9 Å². The number of nitrogens with zero attached hydrogens (tertiary/aromatic N) is 2. The van der Waals surface area contributed by atoms with Gasteiger partial charge in [0.05, 0.1) is 11.3 Å². The first-order valence-corrected chi connectivity index (χ1v) is 8.91. The Hall–Kier alpha value is -3.48. The van der Waals surface area contributed by atoms with Crippen molar-refractivity contribution in [2.24, 2.45) is 0 Å². The van der Waals surface area contributed by atoms with Crippen molar-refractivity contribution in [2.45, 2.75) is 18.5 Å². The lowest BCUT2D eigenvalue weighted by Gasteiger charge is -2.48. The van der Waals surface area contributed by atoms with Crippen LogP contribution in [0.1, 0.15) is 23.2 Å². The van der Waals surface area contributed by atoms with E-state index in [-0.39, 0.29) is 36.9 Å². The Balaban J connectivity index is 1.85. The van der Waals surface area contributed by atoms with Crippen LogP contribution in [0.15, 0.2) is 61.2 Å². The molecule has 28 heavy (non-hydrogen) atoms. The highest BCUT2D eigenvalue weighted by molar-refractivity contribution is 6.18. The molecule has 2 aromatic carbocycles. The lowest BCUT2D eigenvalue weighted by molar-refractivity contribution is -0.128. The summed E-state index contributed by atoms with van der Waals surface area (Å²) in [5.41, 5.74) is -0.509. The Morgan fingerprint density at radius 3 is 2.75 bits per heavy atom. The fourth-order valence-electron chi connectivity index (χ4n) is 3.96. The Bertz CT molecular complexity index is 1010. The Morgan fingerprint density at radius 2 is 2.00 bits per heavy atom. The molecule has 2 aromatic rings. The van der Waals surface area contributed by atoms with Gasteiger partial charge in [0.15, 0.2) is 0 Å². The highest BCUT2D eigenvalue weighted by Gasteiger charge is 2.60. The molecule has 1 saturated heterocycles. The molecule has 1 N–H and O–H groups in total. The Kier molecular flexibility index (Phi) is 4.22. The van der Waals surface area contributed by atoms with Gasteiger partial charge in [-0.15, -0.1) is 6.58 Å². The fourth-order valence-corrected chi connectivity index (χ4v) is 3.96. The molecule has 0 aliphatic carbocycles. The number of para-hydroxylation sites is 1. The van der Waals surface area contributed by atoms with E-state index in [4.69, 9.17) is 0 Å². The lowest BCUT2D eigenvalue weighted by Crippen LogP contribution is -2.69. The zero-order valence-electron chi connectivity index (χ0n) is 15.0. The highest BCUT2D eigenvalue weighted by Crippen LogP contribution is 2.44. The first kappa shape index (κ1) is 17.9. The summed E-state index contributed by atoms with van der Waals surface area (Å²) in [6.07, 6.45) is 1.77. The second kappa shape index (κ2) is 6.60. The zero-order chi connectivity index (χ0) is 19.9. The number of amides is 3. The molecule has 0 aromatic heterocycles. The summed E-state index contributed by atoms with van der Waals surface area (Å²) in [6, 6.07) is 12.2. The van der Waals surface area contributed by atoms with Crippen molar-refractivity contribution in [3.63, 3.8) is 0 Å². The van der Waals surface area contributed by atoms with Crippen LogP contribution in [-0.2, 0) is 9.59 Å². The van der Waals surface area contributed by atoms with Gasteiger partial charge in [0.1, 0.15) is 5.82 Å². The van der Waals surface area contributed by atoms with Gasteiger partial charge in [-0.05, 0) is 30.3 Å². The highest BCUT2D eigenvalue weighted by atomic mass is 19.1. The minimum absolute atomic E-state index is 0.0908. The normalized spacial score (nSPS) is 20.6. The molecule has 0 radical (unpaired) electrons. The summed E-state index contributed by atoms with van der Waals surface area (Å²) in [5.74, 6) is -1.66. The zero-order valence-corrected chi connectivity index (χ0v) is 15.0. The molecular formula is C21H18FN3O3. The standard InChI is InChI=1S/C21H18FN3O3/c1-2-12-24-19(27)16-8-3-4-9-17(16)25-18(26)10-11-21(24,25)20(28)23-15-7-5-6-14(22)13-15/h2-9,13H,1,10-12H2,(H,23,28)/t21-/m1/s1. The SMILES string of the molecule is C=CCN1C(=O)c2ccccc2N2C(=O)CC[C@@]12C(=O)Nc1cccc(F)c1. The van der Waals surface area contributed by atoms with E-state index >= 15 is 0 Å². The first-order chi connectivity index (χ1) is 13.5. The van der Waals surface area contributed by atoms with E-state index in [1.807, 2.05) is 0 Å². The number of nitrogens with one attached hydrogen (secondary N) is 1. The molecule has 2 aliphatic rings. The topological polar surface area (TPSA) is 69.7 Å². The van der Waals surface area contributed by atoms with Gasteiger partial charge in [0, 0.05) is 25.1 Å². The molecule has 0 bridgehead atoms. The van der Waals surface area contributed by atoms with Crippen molar-refractivity contribution < 1.29 is 18.8 Å². The predicted molar refractivity (Wildman–Crippen MR) is 102 cm³/mol. The van der Waals surface area contributed by atoms with Crippen LogP contribution in [0.2, 0.25) is 0 Å². The van der Waals surface area contributed by atoms with Crippen LogP contribution < -0.4 is 10.2 Å². The molecule has 0 unspecified atom stereocenters. The molecule has 2 aliphatic heterocycles. The summed E-state index contributed by atoms with van der Waals surface area (Å²) in [5, 5.41) is 2.67. The van der Waals surface area contributed by atoms with E-state index in [0.29, 0.717) is 11.3 Å². The number of benzene rings is 2. The second-order valence-corrected chi connectivity index (χ2v) is 6.73. The summed E-state index contributed by atoms with van der Waals surface area (Å²) < 4.78 is 13.6. The van der Waals surface area contributed by atoms with Gasteiger partial charge in [-0.1, -0.05) is 24.3 Å². The predicted octanol–water partition coefficient (Wildman–Crippen LogP) is 2.93. The van der Waals surface area contributed by atoms with Gasteiger partial charge >= 0.3 is 0 Å². The van der Waals surface area contributed by atoms with Crippen LogP contribution in [0, 0.1) is 5.82 Å². The largest absolute Gasteiger partial charge is 0.322 e. The second-order valence-electron chi connectivity index (χ2n) is 6.73. The molecule has 4 rings (SSSR count). The van der Waals surface area contributed by atoms with E-state index in [9.17, 15) is 18.8 Å². The quantitative estimate of drug-likeness (QED) is 0.831. The van der Waals surface area contributed by atoms with Gasteiger partial charge < -0.3 is 10.2 Å². The Morgan fingerprint density at radius 1 is 1.21 bits per heavy atom. The van der Waals surface area contributed by atoms with Crippen LogP contribution in [-0.4, -0.2) is 34.8 Å². The maximum atomic E-state index is 13.6. The molecule has 0 saturated carbocycles. The minimum atomic E-state index is -1.52. The number of halogens is 1. The number of anilines is 2. The van der Waals surface area contributed by atoms with Gasteiger partial charge in [0.2, 0.25) is 11.6 Å². The number of carbonyl (C=O) groups is 3. The molecule has 1 atom stereocenters. The molecule has 6 nitrogen and oxygen atoms in total. The average molecular weight is 379 g/mol. The number of rotatable bonds is 4. The summed E-state index contributed by atoms with van der Waals surface area (Å²) in [6.45, 7) is 3.78. The van der Waals surface area contributed by atoms with Gasteiger partial charge in [-0.25, -0.2) is 4.39 Å². The minimum Gasteiger partial charge on any atom is -0.322 e.